The fourth-order valence-corrected chi connectivity index (χ4v) is 10.3. The molecule has 3 atom stereocenters. The number of H-pyrrole nitrogens is 1. The number of hydrogen-bond acceptors (Lipinski definition) is 13. The van der Waals surface area contributed by atoms with Crippen LogP contribution < -0.4 is 25.7 Å². The number of anilines is 1. The van der Waals surface area contributed by atoms with E-state index >= 15 is 0 Å². The van der Waals surface area contributed by atoms with Crippen LogP contribution in [0.15, 0.2) is 126 Å². The molecule has 19 nitrogen and oxygen atoms in total. The van der Waals surface area contributed by atoms with Crippen LogP contribution in [0.1, 0.15) is 95.3 Å². The van der Waals surface area contributed by atoms with Gasteiger partial charge in [-0.25, -0.2) is 15.4 Å². The number of amides is 4. The Morgan fingerprint density at radius 3 is 2.43 bits per heavy atom. The van der Waals surface area contributed by atoms with Crippen molar-refractivity contribution in [3.8, 4) is 29.4 Å². The van der Waals surface area contributed by atoms with E-state index in [-0.39, 0.29) is 42.6 Å². The molecule has 0 radical (unpaired) electrons. The summed E-state index contributed by atoms with van der Waals surface area (Å²) < 4.78 is 7.67. The maximum atomic E-state index is 14.1. The van der Waals surface area contributed by atoms with Crippen molar-refractivity contribution < 1.29 is 29.0 Å². The van der Waals surface area contributed by atoms with Crippen LogP contribution in [-0.4, -0.2) is 132 Å². The first-order valence-electron chi connectivity index (χ1n) is 26.5. The molecule has 6 aromatic rings. The Hall–Kier alpha value is -8.88. The molecule has 1 saturated heterocycles. The van der Waals surface area contributed by atoms with Gasteiger partial charge < -0.3 is 35.3 Å². The summed E-state index contributed by atoms with van der Waals surface area (Å²) in [5.41, 5.74) is 9.09. The average molecular weight is 1060 g/mol. The third kappa shape index (κ3) is 12.3. The summed E-state index contributed by atoms with van der Waals surface area (Å²) in [7, 11) is 3.52. The molecule has 4 aliphatic heterocycles. The van der Waals surface area contributed by atoms with Crippen LogP contribution in [0.2, 0.25) is 0 Å². The van der Waals surface area contributed by atoms with Crippen molar-refractivity contribution in [1.82, 2.24) is 55.8 Å². The molecule has 79 heavy (non-hydrogen) atoms. The zero-order valence-electron chi connectivity index (χ0n) is 44.7. The quantitative estimate of drug-likeness (QED) is 0.0829. The van der Waals surface area contributed by atoms with E-state index in [1.165, 1.54) is 16.1 Å². The largest absolute Gasteiger partial charge is 0.489 e. The molecule has 1 unspecified atom stereocenters. The summed E-state index contributed by atoms with van der Waals surface area (Å²) in [4.78, 5) is 67.3. The summed E-state index contributed by atoms with van der Waals surface area (Å²) in [6.45, 7) is 6.74. The molecule has 6 heterocycles. The van der Waals surface area contributed by atoms with Gasteiger partial charge in [0.05, 0.1) is 48.3 Å². The number of carbonyl (C=O) groups is 4. The Balaban J connectivity index is 0.639. The highest BCUT2D eigenvalue weighted by Crippen LogP contribution is 2.39. The van der Waals surface area contributed by atoms with E-state index < -0.39 is 23.1 Å². The molecule has 404 valence electrons. The van der Waals surface area contributed by atoms with E-state index in [4.69, 9.17) is 9.73 Å². The van der Waals surface area contributed by atoms with Gasteiger partial charge in [0.2, 0.25) is 11.7 Å². The Kier molecular flexibility index (Phi) is 15.8. The highest BCUT2D eigenvalue weighted by Gasteiger charge is 2.51. The van der Waals surface area contributed by atoms with Gasteiger partial charge in [0.25, 0.3) is 17.7 Å². The molecule has 5 N–H and O–H groups in total. The van der Waals surface area contributed by atoms with Gasteiger partial charge in [-0.05, 0) is 78.5 Å². The number of rotatable bonds is 16. The van der Waals surface area contributed by atoms with E-state index in [2.05, 4.69) is 79.1 Å². The third-order valence-electron chi connectivity index (χ3n) is 14.8. The van der Waals surface area contributed by atoms with Crippen LogP contribution >= 0.6 is 0 Å². The molecular formula is C60H63N13O6. The number of piperidine rings is 1. The summed E-state index contributed by atoms with van der Waals surface area (Å²) in [6, 6.07) is 32.2. The Bertz CT molecular complexity index is 3410. The second kappa shape index (κ2) is 23.4. The van der Waals surface area contributed by atoms with Crippen molar-refractivity contribution in [1.29, 1.82) is 0 Å². The molecule has 4 amide bonds. The number of aliphatic imine (C=N–C) groups is 1. The first-order valence-corrected chi connectivity index (χ1v) is 26.5. The number of β-amino-alcohol motifs (C(OH)–C–C–N with tert-alkyl or cyclic N) is 1. The molecule has 1 fully saturated rings. The number of carbonyl (C=O) groups excluding carboxylic acids is 4. The van der Waals surface area contributed by atoms with Crippen LogP contribution in [0.5, 0.6) is 5.75 Å². The minimum Gasteiger partial charge on any atom is -0.489 e. The van der Waals surface area contributed by atoms with Gasteiger partial charge >= 0.3 is 0 Å². The topological polar surface area (TPSA) is 219 Å². The number of para-hydroxylation sites is 2. The number of likely N-dealkylation sites (tertiary alicyclic amines) is 1. The summed E-state index contributed by atoms with van der Waals surface area (Å²) in [5, 5.41) is 31.1. The number of benzene rings is 4. The molecule has 0 spiro atoms. The first kappa shape index (κ1) is 53.5. The number of aromatic nitrogens is 5. The molecule has 2 aromatic heterocycles. The molecule has 4 aromatic carbocycles. The number of aryl methyl sites for hydroxylation is 1. The molecule has 19 heteroatoms. The van der Waals surface area contributed by atoms with Crippen LogP contribution in [0.3, 0.4) is 0 Å². The number of aliphatic hydroxyl groups is 1. The number of aromatic amines is 1. The van der Waals surface area contributed by atoms with E-state index in [1.807, 2.05) is 120 Å². The van der Waals surface area contributed by atoms with Crippen LogP contribution in [0.4, 0.5) is 5.69 Å². The Labute approximate surface area is 459 Å². The Morgan fingerprint density at radius 1 is 0.911 bits per heavy atom. The molecule has 0 bridgehead atoms. The van der Waals surface area contributed by atoms with E-state index in [0.29, 0.717) is 87.8 Å². The number of hydrogen-bond donors (Lipinski definition) is 5. The van der Waals surface area contributed by atoms with E-state index in [0.717, 1.165) is 39.1 Å². The van der Waals surface area contributed by atoms with Crippen LogP contribution in [0.25, 0.3) is 5.70 Å². The molecule has 0 saturated carbocycles. The van der Waals surface area contributed by atoms with Crippen molar-refractivity contribution in [3.05, 3.63) is 166 Å². The highest BCUT2D eigenvalue weighted by molar-refractivity contribution is 6.03. The molecule has 0 aliphatic carbocycles. The van der Waals surface area contributed by atoms with Gasteiger partial charge in [-0.15, -0.1) is 5.10 Å². The predicted octanol–water partition coefficient (Wildman–Crippen LogP) is 4.78. The first-order chi connectivity index (χ1) is 38.2. The van der Waals surface area contributed by atoms with Crippen molar-refractivity contribution in [3.63, 3.8) is 0 Å². The third-order valence-corrected chi connectivity index (χ3v) is 14.8. The molecule has 4 aliphatic rings. The van der Waals surface area contributed by atoms with Crippen molar-refractivity contribution in [2.24, 2.45) is 4.99 Å². The summed E-state index contributed by atoms with van der Waals surface area (Å²) in [6.07, 6.45) is 7.55. The lowest BCUT2D eigenvalue weighted by Gasteiger charge is -2.42. The maximum Gasteiger partial charge on any atom is 0.291 e. The number of hydrazine groups is 1. The predicted molar refractivity (Wildman–Crippen MR) is 297 cm³/mol. The number of ether oxygens (including phenoxy) is 1. The van der Waals surface area contributed by atoms with E-state index in [1.54, 1.807) is 19.2 Å². The lowest BCUT2D eigenvalue weighted by molar-refractivity contribution is -0.141. The summed E-state index contributed by atoms with van der Waals surface area (Å²) >= 11 is 0. The van der Waals surface area contributed by atoms with Gasteiger partial charge in [0.15, 0.2) is 5.54 Å². The van der Waals surface area contributed by atoms with Gasteiger partial charge in [0.1, 0.15) is 24.2 Å². The number of nitrogens with one attached hydrogen (secondary N) is 4. The van der Waals surface area contributed by atoms with Crippen molar-refractivity contribution >= 4 is 41.4 Å². The standard InChI is InChI=1S/C60H63N13O6/c1-41(46-15-9-7-10-16-46)32-52(74)71-30-27-60(78,28-31-71)39-72-40-62-54-53(70(4)68-59(54,2)58(72)77)47-25-23-44(24-26-47)34-61-35-45-36-63-73(37-45)29-13-6-5-8-14-42-19-21-43(22-20-42)33-51-65-55(67-66-51)56(75)64-48-38-79-50-18-12-11-17-49(50)69(3)57(48)76/h7,9-12,15-26,36-37,40-41,48,61,68,78H,13,27-35,38-39H2,1-4H3,(H,64,75)(H,65,66,67)/t41-,48+,59?/m0/s1. The zero-order valence-corrected chi connectivity index (χ0v) is 44.7. The fraction of sp³-hybridized carbons (Fsp3) is 0.333. The smallest absolute Gasteiger partial charge is 0.291 e. The normalized spacial score (nSPS) is 18.9. The fourth-order valence-electron chi connectivity index (χ4n) is 10.3. The number of nitrogens with zero attached hydrogens (tertiary/aromatic N) is 9. The summed E-state index contributed by atoms with van der Waals surface area (Å²) in [5.74, 6) is 12.1. The average Bonchev–Trinajstić information content (AvgIpc) is 4.40. The minimum atomic E-state index is -1.14. The van der Waals surface area contributed by atoms with Gasteiger partial charge in [-0.1, -0.05) is 97.6 Å². The minimum absolute atomic E-state index is 0.0144. The second-order valence-electron chi connectivity index (χ2n) is 20.7. The van der Waals surface area contributed by atoms with Crippen LogP contribution in [-0.2, 0) is 40.4 Å². The lowest BCUT2D eigenvalue weighted by Crippen LogP contribution is -2.61. The van der Waals surface area contributed by atoms with Gasteiger partial charge in [-0.3, -0.25) is 33.9 Å². The van der Waals surface area contributed by atoms with E-state index in [9.17, 15) is 24.3 Å². The zero-order chi connectivity index (χ0) is 55.1. The Morgan fingerprint density at radius 2 is 1.65 bits per heavy atom. The maximum absolute atomic E-state index is 14.1. The molecular weight excluding hydrogens is 999 g/mol. The van der Waals surface area contributed by atoms with Crippen LogP contribution in [0, 0.1) is 23.7 Å². The van der Waals surface area contributed by atoms with Gasteiger partial charge in [0, 0.05) is 82.4 Å². The number of fused-ring (bicyclic) bond motifs is 2. The van der Waals surface area contributed by atoms with Crippen molar-refractivity contribution in [2.75, 3.05) is 45.2 Å². The number of likely N-dealkylation sites (N-methyl/N-ethyl adjacent to an activating group) is 1. The molecule has 10 rings (SSSR count). The van der Waals surface area contributed by atoms with Crippen molar-refractivity contribution in [2.45, 2.75) is 88.7 Å². The second-order valence-corrected chi connectivity index (χ2v) is 20.7. The monoisotopic (exact) mass is 1060 g/mol. The lowest BCUT2D eigenvalue weighted by atomic mass is 9.88. The SMILES string of the molecule is C[C@@H](CC(=O)N1CCC(O)(CN2C=NC3=C(c4ccc(CNCc5cnn(CCC#CC#Cc6ccc(Cc7nc(C(=O)N[C@@H]8COc9ccccc9N(C)C8=O)n[nH]7)cc6)c5)cc4)N(C)NC3(C)C2=O)CC1)c1ccccc1. The van der Waals surface area contributed by atoms with Gasteiger partial charge in [-0.2, -0.15) is 5.10 Å². The highest BCUT2D eigenvalue weighted by atomic mass is 16.5.